The third kappa shape index (κ3) is 2.68. The maximum Gasteiger partial charge on any atom is 0.0838 e. The average Bonchev–Trinajstić information content (AvgIpc) is 2.32. The molecule has 2 aromatic carbocycles. The Bertz CT molecular complexity index is 558. The number of nitrogens with two attached hydrogens (primary N) is 1. The van der Waals surface area contributed by atoms with Crippen molar-refractivity contribution in [3.05, 3.63) is 50.9 Å². The smallest absolute Gasteiger partial charge is 0.0838 e. The van der Waals surface area contributed by atoms with Crippen LogP contribution in [0.5, 0.6) is 0 Å². The van der Waals surface area contributed by atoms with Gasteiger partial charge >= 0.3 is 0 Å². The lowest BCUT2D eigenvalue weighted by molar-refractivity contribution is 1.53. The fourth-order valence-corrected chi connectivity index (χ4v) is 2.20. The van der Waals surface area contributed by atoms with E-state index in [1.807, 2.05) is 36.4 Å². The van der Waals surface area contributed by atoms with Gasteiger partial charge in [-0.2, -0.15) is 0 Å². The molecule has 0 amide bonds. The Hall–Kier alpha value is -0.900. The number of rotatable bonds is 2. The van der Waals surface area contributed by atoms with E-state index < -0.39 is 0 Å². The second-order valence-electron chi connectivity index (χ2n) is 3.44. The van der Waals surface area contributed by atoms with Gasteiger partial charge in [0.05, 0.1) is 27.1 Å². The standard InChI is InChI=1S/C12H9BrCl2N2/c13-7-5-6-10(12(15)11(7)14)17-9-4-2-1-3-8(9)16/h1-6,17H,16H2. The van der Waals surface area contributed by atoms with Crippen molar-refractivity contribution in [3.63, 3.8) is 0 Å². The summed E-state index contributed by atoms with van der Waals surface area (Å²) in [6, 6.07) is 11.1. The zero-order valence-corrected chi connectivity index (χ0v) is 11.8. The molecule has 2 aromatic rings. The van der Waals surface area contributed by atoms with Crippen molar-refractivity contribution in [1.82, 2.24) is 0 Å². The lowest BCUT2D eigenvalue weighted by Gasteiger charge is -2.12. The van der Waals surface area contributed by atoms with E-state index in [2.05, 4.69) is 21.2 Å². The maximum absolute atomic E-state index is 6.14. The maximum atomic E-state index is 6.14. The monoisotopic (exact) mass is 330 g/mol. The predicted molar refractivity (Wildman–Crippen MR) is 78.3 cm³/mol. The largest absolute Gasteiger partial charge is 0.397 e. The quantitative estimate of drug-likeness (QED) is 0.594. The van der Waals surface area contributed by atoms with Gasteiger partial charge in [0.1, 0.15) is 0 Å². The molecule has 0 fully saturated rings. The summed E-state index contributed by atoms with van der Waals surface area (Å²) in [4.78, 5) is 0. The molecule has 17 heavy (non-hydrogen) atoms. The fraction of sp³-hybridized carbons (Fsp3) is 0. The molecule has 0 saturated heterocycles. The lowest BCUT2D eigenvalue weighted by atomic mass is 10.2. The molecule has 3 N–H and O–H groups in total. The van der Waals surface area contributed by atoms with E-state index in [-0.39, 0.29) is 0 Å². The van der Waals surface area contributed by atoms with E-state index in [1.54, 1.807) is 0 Å². The van der Waals surface area contributed by atoms with E-state index in [9.17, 15) is 0 Å². The van der Waals surface area contributed by atoms with Crippen molar-refractivity contribution in [3.8, 4) is 0 Å². The van der Waals surface area contributed by atoms with Gasteiger partial charge in [0.2, 0.25) is 0 Å². The van der Waals surface area contributed by atoms with Crippen LogP contribution < -0.4 is 11.1 Å². The zero-order valence-electron chi connectivity index (χ0n) is 8.68. The number of para-hydroxylation sites is 2. The minimum absolute atomic E-state index is 0.462. The molecule has 0 heterocycles. The third-order valence-electron chi connectivity index (χ3n) is 2.27. The molecule has 0 aliphatic rings. The van der Waals surface area contributed by atoms with Crippen LogP contribution in [0, 0.1) is 0 Å². The summed E-state index contributed by atoms with van der Waals surface area (Å²) < 4.78 is 0.760. The molecule has 0 aliphatic heterocycles. The highest BCUT2D eigenvalue weighted by molar-refractivity contribution is 9.10. The van der Waals surface area contributed by atoms with Crippen molar-refractivity contribution in [2.75, 3.05) is 11.1 Å². The van der Waals surface area contributed by atoms with Crippen molar-refractivity contribution in [2.45, 2.75) is 0 Å². The Balaban J connectivity index is 2.38. The Morgan fingerprint density at radius 3 is 2.35 bits per heavy atom. The Labute approximate surface area is 118 Å². The van der Waals surface area contributed by atoms with Crippen molar-refractivity contribution in [2.24, 2.45) is 0 Å². The number of nitrogen functional groups attached to an aromatic ring is 1. The Morgan fingerprint density at radius 2 is 1.65 bits per heavy atom. The van der Waals surface area contributed by atoms with Gasteiger partial charge in [-0.3, -0.25) is 0 Å². The van der Waals surface area contributed by atoms with Crippen LogP contribution in [0.15, 0.2) is 40.9 Å². The first-order chi connectivity index (χ1) is 8.09. The summed E-state index contributed by atoms with van der Waals surface area (Å²) in [6.07, 6.45) is 0. The van der Waals surface area contributed by atoms with Gasteiger partial charge in [-0.05, 0) is 40.2 Å². The Kier molecular flexibility index (Phi) is 3.82. The van der Waals surface area contributed by atoms with Gasteiger partial charge in [0.25, 0.3) is 0 Å². The van der Waals surface area contributed by atoms with E-state index >= 15 is 0 Å². The van der Waals surface area contributed by atoms with Gasteiger partial charge in [-0.25, -0.2) is 0 Å². The van der Waals surface area contributed by atoms with Crippen LogP contribution in [0.25, 0.3) is 0 Å². The second kappa shape index (κ2) is 5.17. The predicted octanol–water partition coefficient (Wildman–Crippen LogP) is 5.08. The molecule has 2 nitrogen and oxygen atoms in total. The van der Waals surface area contributed by atoms with Gasteiger partial charge in [0.15, 0.2) is 0 Å². The normalized spacial score (nSPS) is 10.3. The molecular formula is C12H9BrCl2N2. The Morgan fingerprint density at radius 1 is 0.941 bits per heavy atom. The van der Waals surface area contributed by atoms with Crippen LogP contribution in [0.3, 0.4) is 0 Å². The number of benzene rings is 2. The number of nitrogens with one attached hydrogen (secondary N) is 1. The molecule has 0 bridgehead atoms. The van der Waals surface area contributed by atoms with Crippen molar-refractivity contribution >= 4 is 56.2 Å². The van der Waals surface area contributed by atoms with Crippen molar-refractivity contribution in [1.29, 1.82) is 0 Å². The molecule has 0 aromatic heterocycles. The minimum Gasteiger partial charge on any atom is -0.397 e. The number of hydrogen-bond donors (Lipinski definition) is 2. The van der Waals surface area contributed by atoms with E-state index in [1.165, 1.54) is 0 Å². The molecule has 0 spiro atoms. The second-order valence-corrected chi connectivity index (χ2v) is 5.05. The minimum atomic E-state index is 0.462. The van der Waals surface area contributed by atoms with Gasteiger partial charge < -0.3 is 11.1 Å². The summed E-state index contributed by atoms with van der Waals surface area (Å²) in [5, 5.41) is 4.09. The average molecular weight is 332 g/mol. The number of anilines is 3. The number of hydrogen-bond acceptors (Lipinski definition) is 2. The highest BCUT2D eigenvalue weighted by Gasteiger charge is 2.09. The van der Waals surface area contributed by atoms with Crippen LogP contribution in [0.2, 0.25) is 10.0 Å². The molecule has 0 unspecified atom stereocenters. The van der Waals surface area contributed by atoms with Gasteiger partial charge in [-0.15, -0.1) is 0 Å². The lowest BCUT2D eigenvalue weighted by Crippen LogP contribution is -1.96. The summed E-state index contributed by atoms with van der Waals surface area (Å²) in [6.45, 7) is 0. The number of halogens is 3. The molecule has 88 valence electrons. The first kappa shape index (κ1) is 12.6. The molecule has 2 rings (SSSR count). The van der Waals surface area contributed by atoms with Crippen LogP contribution in [0.1, 0.15) is 0 Å². The topological polar surface area (TPSA) is 38.0 Å². The van der Waals surface area contributed by atoms with Crippen LogP contribution in [-0.2, 0) is 0 Å². The van der Waals surface area contributed by atoms with Crippen LogP contribution >= 0.6 is 39.1 Å². The van der Waals surface area contributed by atoms with E-state index in [0.717, 1.165) is 15.8 Å². The first-order valence-electron chi connectivity index (χ1n) is 4.84. The summed E-state index contributed by atoms with van der Waals surface area (Å²) in [5.41, 5.74) is 8.01. The highest BCUT2D eigenvalue weighted by Crippen LogP contribution is 2.37. The molecule has 5 heteroatoms. The molecule has 0 atom stereocenters. The molecule has 0 saturated carbocycles. The van der Waals surface area contributed by atoms with Gasteiger partial charge in [0, 0.05) is 4.47 Å². The van der Waals surface area contributed by atoms with Gasteiger partial charge in [-0.1, -0.05) is 35.3 Å². The van der Waals surface area contributed by atoms with E-state index in [0.29, 0.717) is 15.7 Å². The van der Waals surface area contributed by atoms with E-state index in [4.69, 9.17) is 28.9 Å². The summed E-state index contributed by atoms with van der Waals surface area (Å²) in [5.74, 6) is 0. The molecule has 0 aliphatic carbocycles. The van der Waals surface area contributed by atoms with Crippen LogP contribution in [0.4, 0.5) is 17.1 Å². The fourth-order valence-electron chi connectivity index (χ4n) is 1.38. The highest BCUT2D eigenvalue weighted by atomic mass is 79.9. The summed E-state index contributed by atoms with van der Waals surface area (Å²) >= 11 is 15.5. The third-order valence-corrected chi connectivity index (χ3v) is 4.04. The molecular weight excluding hydrogens is 323 g/mol. The zero-order chi connectivity index (χ0) is 12.4. The van der Waals surface area contributed by atoms with Crippen LogP contribution in [-0.4, -0.2) is 0 Å². The molecule has 0 radical (unpaired) electrons. The first-order valence-corrected chi connectivity index (χ1v) is 6.39. The van der Waals surface area contributed by atoms with Crippen molar-refractivity contribution < 1.29 is 0 Å². The SMILES string of the molecule is Nc1ccccc1Nc1ccc(Br)c(Cl)c1Cl. The summed E-state index contributed by atoms with van der Waals surface area (Å²) in [7, 11) is 0.